The number of amides is 1. The average Bonchev–Trinajstić information content (AvgIpc) is 2.38. The maximum Gasteiger partial charge on any atom is 0.255 e. The quantitative estimate of drug-likeness (QED) is 0.834. The smallest absolute Gasteiger partial charge is 0.255 e. The number of carbonyl (C=O) groups excluding carboxylic acids is 1. The molecule has 0 bridgehead atoms. The van der Waals surface area contributed by atoms with Crippen LogP contribution in [0.25, 0.3) is 0 Å². The highest BCUT2D eigenvalue weighted by atomic mass is 79.9. The van der Waals surface area contributed by atoms with E-state index in [2.05, 4.69) is 21.2 Å². The Morgan fingerprint density at radius 2 is 2.05 bits per heavy atom. The van der Waals surface area contributed by atoms with Crippen molar-refractivity contribution < 1.29 is 9.18 Å². The molecule has 19 heavy (non-hydrogen) atoms. The van der Waals surface area contributed by atoms with Gasteiger partial charge in [0.15, 0.2) is 0 Å². The van der Waals surface area contributed by atoms with Crippen molar-refractivity contribution in [3.63, 3.8) is 0 Å². The molecule has 0 saturated carbocycles. The molecule has 0 unspecified atom stereocenters. The summed E-state index contributed by atoms with van der Waals surface area (Å²) in [6.45, 7) is 1.81. The van der Waals surface area contributed by atoms with Crippen LogP contribution in [-0.4, -0.2) is 5.91 Å². The van der Waals surface area contributed by atoms with E-state index in [1.54, 1.807) is 31.2 Å². The number of halogens is 3. The largest absolute Gasteiger partial charge is 0.322 e. The van der Waals surface area contributed by atoms with Gasteiger partial charge >= 0.3 is 0 Å². The number of anilines is 1. The Hall–Kier alpha value is -1.39. The molecular weight excluding hydrogens is 333 g/mol. The van der Waals surface area contributed by atoms with Crippen molar-refractivity contribution in [3.05, 3.63) is 62.8 Å². The third-order valence-electron chi connectivity index (χ3n) is 2.70. The molecule has 0 saturated heterocycles. The van der Waals surface area contributed by atoms with Crippen LogP contribution in [-0.2, 0) is 0 Å². The molecule has 0 fully saturated rings. The number of hydrogen-bond acceptors (Lipinski definition) is 1. The van der Waals surface area contributed by atoms with Crippen LogP contribution in [0.15, 0.2) is 40.9 Å². The maximum atomic E-state index is 13.4. The number of carbonyl (C=O) groups is 1. The number of rotatable bonds is 2. The molecule has 1 N–H and O–H groups in total. The molecule has 0 heterocycles. The fourth-order valence-corrected chi connectivity index (χ4v) is 2.00. The summed E-state index contributed by atoms with van der Waals surface area (Å²) in [5.74, 6) is -0.854. The molecule has 0 aromatic heterocycles. The fraction of sp³-hybridized carbons (Fsp3) is 0.0714. The molecule has 2 rings (SSSR count). The summed E-state index contributed by atoms with van der Waals surface area (Å²) in [6, 6.07) is 9.45. The molecule has 0 atom stereocenters. The van der Waals surface area contributed by atoms with Gasteiger partial charge in [-0.05, 0) is 58.7 Å². The minimum atomic E-state index is -0.476. The first-order valence-corrected chi connectivity index (χ1v) is 6.67. The van der Waals surface area contributed by atoms with E-state index in [-0.39, 0.29) is 11.5 Å². The summed E-state index contributed by atoms with van der Waals surface area (Å²) in [5, 5.41) is 3.28. The molecule has 1 amide bonds. The third-order valence-corrected chi connectivity index (χ3v) is 3.75. The van der Waals surface area contributed by atoms with E-state index in [0.717, 1.165) is 5.56 Å². The van der Waals surface area contributed by atoms with Crippen LogP contribution in [0.2, 0.25) is 5.02 Å². The molecule has 98 valence electrons. The Morgan fingerprint density at radius 1 is 1.32 bits per heavy atom. The van der Waals surface area contributed by atoms with Gasteiger partial charge in [0.25, 0.3) is 5.91 Å². The van der Waals surface area contributed by atoms with E-state index in [4.69, 9.17) is 11.6 Å². The van der Waals surface area contributed by atoms with Crippen molar-refractivity contribution in [2.24, 2.45) is 0 Å². The van der Waals surface area contributed by atoms with Crippen molar-refractivity contribution in [2.75, 3.05) is 5.32 Å². The van der Waals surface area contributed by atoms with Crippen LogP contribution in [0.3, 0.4) is 0 Å². The first-order chi connectivity index (χ1) is 8.99. The molecule has 2 aromatic rings. The zero-order valence-corrected chi connectivity index (χ0v) is 12.3. The highest BCUT2D eigenvalue weighted by Crippen LogP contribution is 2.24. The predicted molar refractivity (Wildman–Crippen MR) is 78.2 cm³/mol. The number of nitrogens with one attached hydrogen (secondary N) is 1. The SMILES string of the molecule is Cc1c(Cl)cccc1NC(=O)c1ccc(Br)c(F)c1. The highest BCUT2D eigenvalue weighted by Gasteiger charge is 2.11. The van der Waals surface area contributed by atoms with Gasteiger partial charge in [-0.15, -0.1) is 0 Å². The van der Waals surface area contributed by atoms with Gasteiger partial charge < -0.3 is 5.32 Å². The Morgan fingerprint density at radius 3 is 2.74 bits per heavy atom. The van der Waals surface area contributed by atoms with E-state index in [9.17, 15) is 9.18 Å². The van der Waals surface area contributed by atoms with Gasteiger partial charge in [-0.1, -0.05) is 17.7 Å². The van der Waals surface area contributed by atoms with Crippen LogP contribution < -0.4 is 5.32 Å². The van der Waals surface area contributed by atoms with Gasteiger partial charge in [-0.3, -0.25) is 4.79 Å². The molecule has 5 heteroatoms. The van der Waals surface area contributed by atoms with Crippen molar-refractivity contribution in [3.8, 4) is 0 Å². The van der Waals surface area contributed by atoms with Crippen LogP contribution in [0, 0.1) is 12.7 Å². The lowest BCUT2D eigenvalue weighted by Gasteiger charge is -2.09. The average molecular weight is 343 g/mol. The Balaban J connectivity index is 2.26. The van der Waals surface area contributed by atoms with Gasteiger partial charge in [0.1, 0.15) is 5.82 Å². The summed E-state index contributed by atoms with van der Waals surface area (Å²) in [6.07, 6.45) is 0. The lowest BCUT2D eigenvalue weighted by Crippen LogP contribution is -2.13. The molecule has 2 aromatic carbocycles. The number of hydrogen-bond donors (Lipinski definition) is 1. The summed E-state index contributed by atoms with van der Waals surface area (Å²) in [5.41, 5.74) is 1.64. The molecule has 0 spiro atoms. The second-order valence-corrected chi connectivity index (χ2v) is 5.26. The second-order valence-electron chi connectivity index (χ2n) is 4.00. The summed E-state index contributed by atoms with van der Waals surface area (Å²) in [7, 11) is 0. The lowest BCUT2D eigenvalue weighted by molar-refractivity contribution is 0.102. The van der Waals surface area contributed by atoms with Crippen molar-refractivity contribution in [2.45, 2.75) is 6.92 Å². The molecule has 2 nitrogen and oxygen atoms in total. The minimum Gasteiger partial charge on any atom is -0.322 e. The Kier molecular flexibility index (Phi) is 4.22. The first kappa shape index (κ1) is 14.0. The topological polar surface area (TPSA) is 29.1 Å². The van der Waals surface area contributed by atoms with Crippen molar-refractivity contribution in [1.82, 2.24) is 0 Å². The van der Waals surface area contributed by atoms with Crippen molar-refractivity contribution in [1.29, 1.82) is 0 Å². The minimum absolute atomic E-state index is 0.250. The third kappa shape index (κ3) is 3.14. The van der Waals surface area contributed by atoms with Gasteiger partial charge in [0.05, 0.1) is 4.47 Å². The maximum absolute atomic E-state index is 13.4. The van der Waals surface area contributed by atoms with Crippen LogP contribution >= 0.6 is 27.5 Å². The van der Waals surface area contributed by atoms with Gasteiger partial charge in [0, 0.05) is 16.3 Å². The Bertz CT molecular complexity index is 645. The van der Waals surface area contributed by atoms with Crippen LogP contribution in [0.1, 0.15) is 15.9 Å². The fourth-order valence-electron chi connectivity index (χ4n) is 1.57. The second kappa shape index (κ2) is 5.72. The monoisotopic (exact) mass is 341 g/mol. The summed E-state index contributed by atoms with van der Waals surface area (Å²) in [4.78, 5) is 12.0. The number of benzene rings is 2. The molecular formula is C14H10BrClFNO. The summed E-state index contributed by atoms with van der Waals surface area (Å²) < 4.78 is 13.7. The standard InChI is InChI=1S/C14H10BrClFNO/c1-8-11(16)3-2-4-13(8)18-14(19)9-5-6-10(15)12(17)7-9/h2-7H,1H3,(H,18,19). The van der Waals surface area contributed by atoms with E-state index in [1.807, 2.05) is 0 Å². The lowest BCUT2D eigenvalue weighted by atomic mass is 10.1. The summed E-state index contributed by atoms with van der Waals surface area (Å²) >= 11 is 9.01. The van der Waals surface area contributed by atoms with E-state index < -0.39 is 5.82 Å². The molecule has 0 aliphatic heterocycles. The zero-order valence-electron chi connectivity index (χ0n) is 10.0. The van der Waals surface area contributed by atoms with Gasteiger partial charge in [-0.25, -0.2) is 4.39 Å². The van der Waals surface area contributed by atoms with Crippen molar-refractivity contribution >= 4 is 39.1 Å². The molecule has 0 aliphatic rings. The van der Waals surface area contributed by atoms with E-state index in [0.29, 0.717) is 15.2 Å². The van der Waals surface area contributed by atoms with Gasteiger partial charge in [-0.2, -0.15) is 0 Å². The molecule has 0 aliphatic carbocycles. The highest BCUT2D eigenvalue weighted by molar-refractivity contribution is 9.10. The zero-order chi connectivity index (χ0) is 14.0. The normalized spacial score (nSPS) is 10.3. The molecule has 0 radical (unpaired) electrons. The van der Waals surface area contributed by atoms with E-state index in [1.165, 1.54) is 12.1 Å². The van der Waals surface area contributed by atoms with Crippen LogP contribution in [0.4, 0.5) is 10.1 Å². The van der Waals surface area contributed by atoms with E-state index >= 15 is 0 Å². The Labute approximate surface area is 123 Å². The van der Waals surface area contributed by atoms with Crippen LogP contribution in [0.5, 0.6) is 0 Å². The predicted octanol–water partition coefficient (Wildman–Crippen LogP) is 4.80. The van der Waals surface area contributed by atoms with Gasteiger partial charge in [0.2, 0.25) is 0 Å². The first-order valence-electron chi connectivity index (χ1n) is 5.50.